The van der Waals surface area contributed by atoms with Crippen molar-refractivity contribution in [1.29, 1.82) is 21.0 Å². The SMILES string of the molecule is CC[n+]1cc[nH]c1.N#C[P-](F)(F)(C#N)(C#N)C#N. The number of H-pyrrole nitrogens is 1. The molecule has 0 saturated carbocycles. The van der Waals surface area contributed by atoms with Gasteiger partial charge in [-0.15, -0.1) is 0 Å². The van der Waals surface area contributed by atoms with Crippen molar-refractivity contribution < 1.29 is 13.0 Å². The van der Waals surface area contributed by atoms with Gasteiger partial charge in [-0.3, -0.25) is 4.98 Å². The maximum absolute atomic E-state index is 12.8. The zero-order chi connectivity index (χ0) is 14.3. The first kappa shape index (κ1) is 15.5. The van der Waals surface area contributed by atoms with Crippen molar-refractivity contribution in [2.45, 2.75) is 13.5 Å². The number of aromatic amines is 1. The summed E-state index contributed by atoms with van der Waals surface area (Å²) in [5, 5.41) is 31.6. The summed E-state index contributed by atoms with van der Waals surface area (Å²) in [6.07, 6.45) is 5.84. The van der Waals surface area contributed by atoms with Gasteiger partial charge in [0.2, 0.25) is 6.33 Å². The molecule has 0 aromatic carbocycles. The minimum atomic E-state index is -7.59. The third kappa shape index (κ3) is 2.98. The van der Waals surface area contributed by atoms with Gasteiger partial charge in [-0.25, -0.2) is 4.57 Å². The van der Waals surface area contributed by atoms with E-state index in [1.165, 1.54) is 0 Å². The predicted octanol–water partition coefficient (Wildman–Crippen LogP) is 2.09. The first-order valence-corrected chi connectivity index (χ1v) is 7.04. The average molecular weight is 270 g/mol. The van der Waals surface area contributed by atoms with E-state index in [9.17, 15) is 8.39 Å². The van der Waals surface area contributed by atoms with Crippen molar-refractivity contribution in [3.63, 3.8) is 0 Å². The van der Waals surface area contributed by atoms with Crippen LogP contribution < -0.4 is 4.57 Å². The summed E-state index contributed by atoms with van der Waals surface area (Å²) in [6.45, 7) is -4.44. The fourth-order valence-electron chi connectivity index (χ4n) is 0.651. The molecule has 0 aliphatic heterocycles. The van der Waals surface area contributed by atoms with E-state index in [1.54, 1.807) is 0 Å². The summed E-state index contributed by atoms with van der Waals surface area (Å²) in [5.41, 5.74) is 0. The number of nitrogens with zero attached hydrogens (tertiary/aromatic N) is 5. The zero-order valence-corrected chi connectivity index (χ0v) is 10.3. The number of nitriles is 4. The Labute approximate surface area is 102 Å². The van der Waals surface area contributed by atoms with E-state index in [0.29, 0.717) is 0 Å². The van der Waals surface area contributed by atoms with E-state index >= 15 is 0 Å². The van der Waals surface area contributed by atoms with Crippen LogP contribution in [-0.2, 0) is 6.54 Å². The van der Waals surface area contributed by atoms with Crippen LogP contribution in [0.15, 0.2) is 18.7 Å². The van der Waals surface area contributed by atoms with Gasteiger partial charge < -0.3 is 0 Å². The molecule has 1 aromatic heterocycles. The van der Waals surface area contributed by atoms with E-state index in [0.717, 1.165) is 6.54 Å². The summed E-state index contributed by atoms with van der Waals surface area (Å²) in [7, 11) is 0. The van der Waals surface area contributed by atoms with Crippen LogP contribution >= 0.6 is 6.57 Å². The summed E-state index contributed by atoms with van der Waals surface area (Å²) < 4.78 is 27.7. The molecule has 0 saturated heterocycles. The summed E-state index contributed by atoms with van der Waals surface area (Å²) in [6, 6.07) is 0. The normalized spacial score (nSPS) is 13.1. The van der Waals surface area contributed by atoms with Crippen LogP contribution in [0.3, 0.4) is 0 Å². The Balaban J connectivity index is 0.000000351. The van der Waals surface area contributed by atoms with Gasteiger partial charge in [0.15, 0.2) is 0 Å². The maximum atomic E-state index is 12.8. The molecule has 0 aliphatic rings. The van der Waals surface area contributed by atoms with Crippen molar-refractivity contribution in [2.24, 2.45) is 0 Å². The van der Waals surface area contributed by atoms with Gasteiger partial charge in [-0.05, 0) is 6.92 Å². The number of halogens is 2. The Bertz CT molecular complexity index is 530. The van der Waals surface area contributed by atoms with Crippen molar-refractivity contribution in [1.82, 2.24) is 4.98 Å². The summed E-state index contributed by atoms with van der Waals surface area (Å²) >= 11 is 0. The van der Waals surface area contributed by atoms with Gasteiger partial charge in [-0.1, -0.05) is 0 Å². The second kappa shape index (κ2) is 4.38. The van der Waals surface area contributed by atoms with Gasteiger partial charge in [0.25, 0.3) is 0 Å². The molecular weight excluding hydrogens is 261 g/mol. The van der Waals surface area contributed by atoms with Crippen LogP contribution in [-0.4, -0.2) is 4.98 Å². The Kier molecular flexibility index (Phi) is 3.76. The van der Waals surface area contributed by atoms with E-state index in [2.05, 4.69) is 16.5 Å². The topological polar surface area (TPSA) is 115 Å². The van der Waals surface area contributed by atoms with Crippen molar-refractivity contribution >= 4 is 6.57 Å². The fraction of sp³-hybridized carbons (Fsp3) is 0.222. The quantitative estimate of drug-likeness (QED) is 0.621. The molecule has 9 heteroatoms. The molecule has 0 bridgehead atoms. The minimum absolute atomic E-state index is 0.237. The molecular formula is C9H9F2N6P. The number of rotatable bonds is 1. The van der Waals surface area contributed by atoms with Crippen LogP contribution in [0.4, 0.5) is 8.39 Å². The van der Waals surface area contributed by atoms with E-state index < -0.39 is 6.57 Å². The Morgan fingerprint density at radius 1 is 1.11 bits per heavy atom. The van der Waals surface area contributed by atoms with E-state index in [1.807, 2.05) is 18.7 Å². The molecule has 0 fully saturated rings. The molecule has 1 rings (SSSR count). The van der Waals surface area contributed by atoms with E-state index in [4.69, 9.17) is 21.0 Å². The van der Waals surface area contributed by atoms with Gasteiger partial charge in [0.1, 0.15) is 12.4 Å². The third-order valence-electron chi connectivity index (χ3n) is 1.87. The first-order valence-electron chi connectivity index (χ1n) is 4.58. The molecule has 0 aliphatic carbocycles. The number of imidazole rings is 1. The molecule has 0 radical (unpaired) electrons. The van der Waals surface area contributed by atoms with Crippen LogP contribution in [0.25, 0.3) is 0 Å². The molecule has 1 heterocycles. The third-order valence-corrected chi connectivity index (χ3v) is 3.67. The zero-order valence-electron chi connectivity index (χ0n) is 9.38. The molecule has 0 spiro atoms. The van der Waals surface area contributed by atoms with Crippen molar-refractivity contribution in [3.8, 4) is 23.2 Å². The molecule has 1 aromatic rings. The average Bonchev–Trinajstić information content (AvgIpc) is 2.94. The van der Waals surface area contributed by atoms with Gasteiger partial charge >= 0.3 is 59.2 Å². The van der Waals surface area contributed by atoms with Crippen LogP contribution in [0.5, 0.6) is 0 Å². The summed E-state index contributed by atoms with van der Waals surface area (Å²) in [5.74, 6) is 0.949. The fourth-order valence-corrected chi connectivity index (χ4v) is 0.920. The van der Waals surface area contributed by atoms with Crippen LogP contribution in [0, 0.1) is 44.3 Å². The second-order valence-electron chi connectivity index (χ2n) is 3.25. The molecule has 94 valence electrons. The van der Waals surface area contributed by atoms with Crippen LogP contribution in [0.1, 0.15) is 6.92 Å². The molecule has 6 nitrogen and oxygen atoms in total. The van der Waals surface area contributed by atoms with E-state index in [-0.39, 0.29) is 23.2 Å². The molecule has 0 amide bonds. The monoisotopic (exact) mass is 270 g/mol. The Morgan fingerprint density at radius 3 is 1.67 bits per heavy atom. The molecule has 1 N–H and O–H groups in total. The second-order valence-corrected chi connectivity index (χ2v) is 6.87. The van der Waals surface area contributed by atoms with Crippen molar-refractivity contribution in [3.05, 3.63) is 18.7 Å². The van der Waals surface area contributed by atoms with Crippen LogP contribution in [0.2, 0.25) is 0 Å². The molecule has 18 heavy (non-hydrogen) atoms. The Morgan fingerprint density at radius 2 is 1.56 bits per heavy atom. The number of hydrogen-bond acceptors (Lipinski definition) is 4. The van der Waals surface area contributed by atoms with Gasteiger partial charge in [-0.2, -0.15) is 0 Å². The van der Waals surface area contributed by atoms with Gasteiger partial charge in [0, 0.05) is 0 Å². The first-order chi connectivity index (χ1) is 8.23. The summed E-state index contributed by atoms with van der Waals surface area (Å²) in [4.78, 5) is 2.94. The number of nitrogens with one attached hydrogen (secondary N) is 1. The standard InChI is InChI=1S/C5H8N2.C4F2N4P/c1-2-7-4-3-6-5-7;5-11(6,1-7,2-8,3-9)4-10/h3-5H,2H2,1H3;/q;-1/p+1. The van der Waals surface area contributed by atoms with Crippen molar-refractivity contribution in [2.75, 3.05) is 0 Å². The number of aryl methyl sites for hydroxylation is 1. The predicted molar refractivity (Wildman–Crippen MR) is 58.2 cm³/mol. The molecule has 0 atom stereocenters. The number of hydrogen-bond donors (Lipinski definition) is 1. The van der Waals surface area contributed by atoms with Gasteiger partial charge in [0.05, 0.1) is 6.54 Å². The number of aromatic nitrogens is 2. The Hall–Kier alpha value is -2.54. The molecule has 0 unspecified atom stereocenters.